The quantitative estimate of drug-likeness (QED) is 0.757. The van der Waals surface area contributed by atoms with Crippen LogP contribution in [0.15, 0.2) is 22.7 Å². The van der Waals surface area contributed by atoms with Crippen LogP contribution in [0.5, 0.6) is 5.75 Å². The van der Waals surface area contributed by atoms with Gasteiger partial charge in [0, 0.05) is 17.4 Å². The van der Waals surface area contributed by atoms with Crippen LogP contribution in [0.1, 0.15) is 12.0 Å². The van der Waals surface area contributed by atoms with Crippen molar-refractivity contribution in [1.82, 2.24) is 0 Å². The molecule has 1 saturated heterocycles. The monoisotopic (exact) mass is 362 g/mol. The standard InChI is InChI=1S/C13H16Br2O2/c1-16-12-3-2-10(6-11(12)15)7-13(8-14)4-5-17-9-13/h2-3,6H,4-5,7-9H2,1H3. The van der Waals surface area contributed by atoms with E-state index in [4.69, 9.17) is 9.47 Å². The summed E-state index contributed by atoms with van der Waals surface area (Å²) in [4.78, 5) is 0. The Labute approximate surface area is 119 Å². The van der Waals surface area contributed by atoms with Gasteiger partial charge in [-0.15, -0.1) is 0 Å². The number of hydrogen-bond acceptors (Lipinski definition) is 2. The maximum Gasteiger partial charge on any atom is 0.133 e. The van der Waals surface area contributed by atoms with Crippen molar-refractivity contribution < 1.29 is 9.47 Å². The molecule has 1 aromatic rings. The molecule has 4 heteroatoms. The lowest BCUT2D eigenvalue weighted by molar-refractivity contribution is 0.162. The molecule has 94 valence electrons. The largest absolute Gasteiger partial charge is 0.496 e. The Bertz CT molecular complexity index is 387. The molecule has 17 heavy (non-hydrogen) atoms. The summed E-state index contributed by atoms with van der Waals surface area (Å²) in [5, 5.41) is 0.990. The zero-order valence-corrected chi connectivity index (χ0v) is 13.0. The zero-order valence-electron chi connectivity index (χ0n) is 9.84. The molecule has 1 aliphatic heterocycles. The van der Waals surface area contributed by atoms with Crippen LogP contribution in [0.25, 0.3) is 0 Å². The molecule has 0 aliphatic carbocycles. The van der Waals surface area contributed by atoms with E-state index in [-0.39, 0.29) is 5.41 Å². The van der Waals surface area contributed by atoms with Crippen molar-refractivity contribution >= 4 is 31.9 Å². The molecular formula is C13H16Br2O2. The second kappa shape index (κ2) is 5.72. The van der Waals surface area contributed by atoms with Gasteiger partial charge < -0.3 is 9.47 Å². The number of alkyl halides is 1. The first-order chi connectivity index (χ1) is 8.19. The third-order valence-corrected chi connectivity index (χ3v) is 5.07. The summed E-state index contributed by atoms with van der Waals surface area (Å²) in [6, 6.07) is 6.28. The summed E-state index contributed by atoms with van der Waals surface area (Å²) in [6.45, 7) is 1.73. The van der Waals surface area contributed by atoms with E-state index in [0.717, 1.165) is 41.6 Å². The Kier molecular flexibility index (Phi) is 4.50. The van der Waals surface area contributed by atoms with Crippen LogP contribution in [0.4, 0.5) is 0 Å². The fourth-order valence-electron chi connectivity index (χ4n) is 2.19. The van der Waals surface area contributed by atoms with Crippen LogP contribution in [0.2, 0.25) is 0 Å². The topological polar surface area (TPSA) is 18.5 Å². The summed E-state index contributed by atoms with van der Waals surface area (Å²) < 4.78 is 11.8. The van der Waals surface area contributed by atoms with E-state index in [1.807, 2.05) is 6.07 Å². The van der Waals surface area contributed by atoms with Gasteiger partial charge in [0.1, 0.15) is 5.75 Å². The van der Waals surface area contributed by atoms with Crippen LogP contribution in [-0.2, 0) is 11.2 Å². The van der Waals surface area contributed by atoms with Gasteiger partial charge in [-0.1, -0.05) is 22.0 Å². The van der Waals surface area contributed by atoms with E-state index < -0.39 is 0 Å². The van der Waals surface area contributed by atoms with Gasteiger partial charge in [0.05, 0.1) is 18.2 Å². The molecule has 1 atom stereocenters. The van der Waals surface area contributed by atoms with Crippen molar-refractivity contribution in [2.45, 2.75) is 12.8 Å². The molecule has 0 aromatic heterocycles. The van der Waals surface area contributed by atoms with Gasteiger partial charge >= 0.3 is 0 Å². The summed E-state index contributed by atoms with van der Waals surface area (Å²) in [6.07, 6.45) is 2.17. The summed E-state index contributed by atoms with van der Waals surface area (Å²) >= 11 is 7.15. The molecule has 0 spiro atoms. The summed E-state index contributed by atoms with van der Waals surface area (Å²) in [5.74, 6) is 0.879. The number of halogens is 2. The molecule has 1 aromatic carbocycles. The third kappa shape index (κ3) is 3.04. The van der Waals surface area contributed by atoms with Crippen molar-refractivity contribution in [3.05, 3.63) is 28.2 Å². The first kappa shape index (κ1) is 13.4. The van der Waals surface area contributed by atoms with Crippen molar-refractivity contribution in [3.8, 4) is 5.75 Å². The lowest BCUT2D eigenvalue weighted by Crippen LogP contribution is -2.25. The Morgan fingerprint density at radius 2 is 2.29 bits per heavy atom. The second-order valence-corrected chi connectivity index (χ2v) is 6.00. The molecule has 0 bridgehead atoms. The van der Waals surface area contributed by atoms with E-state index in [9.17, 15) is 0 Å². The normalized spacial score (nSPS) is 23.9. The second-order valence-electron chi connectivity index (χ2n) is 4.58. The molecule has 0 N–H and O–H groups in total. The molecule has 1 aliphatic rings. The Morgan fingerprint density at radius 3 is 2.82 bits per heavy atom. The Balaban J connectivity index is 2.15. The number of hydrogen-bond donors (Lipinski definition) is 0. The Morgan fingerprint density at radius 1 is 1.47 bits per heavy atom. The number of rotatable bonds is 4. The molecule has 0 amide bonds. The highest BCUT2D eigenvalue weighted by molar-refractivity contribution is 9.10. The SMILES string of the molecule is COc1ccc(CC2(CBr)CCOC2)cc1Br. The maximum absolute atomic E-state index is 5.53. The molecule has 0 saturated carbocycles. The van der Waals surface area contributed by atoms with Crippen LogP contribution in [-0.4, -0.2) is 25.7 Å². The zero-order chi connectivity index (χ0) is 12.3. The number of benzene rings is 1. The van der Waals surface area contributed by atoms with Gasteiger partial charge in [-0.25, -0.2) is 0 Å². The number of methoxy groups -OCH3 is 1. The summed E-state index contributed by atoms with van der Waals surface area (Å²) in [7, 11) is 1.69. The lowest BCUT2D eigenvalue weighted by atomic mass is 9.83. The molecule has 2 nitrogen and oxygen atoms in total. The van der Waals surface area contributed by atoms with Crippen LogP contribution in [0, 0.1) is 5.41 Å². The van der Waals surface area contributed by atoms with Crippen LogP contribution >= 0.6 is 31.9 Å². The average molecular weight is 364 g/mol. The van der Waals surface area contributed by atoms with E-state index in [1.165, 1.54) is 5.56 Å². The molecule has 0 radical (unpaired) electrons. The van der Waals surface area contributed by atoms with Gasteiger partial charge in [-0.3, -0.25) is 0 Å². The number of ether oxygens (including phenoxy) is 2. The minimum Gasteiger partial charge on any atom is -0.496 e. The van der Waals surface area contributed by atoms with Crippen molar-refractivity contribution in [2.24, 2.45) is 5.41 Å². The van der Waals surface area contributed by atoms with Gasteiger partial charge in [0.15, 0.2) is 0 Å². The molecular weight excluding hydrogens is 348 g/mol. The van der Waals surface area contributed by atoms with Crippen molar-refractivity contribution in [3.63, 3.8) is 0 Å². The fraction of sp³-hybridized carbons (Fsp3) is 0.538. The molecule has 2 rings (SSSR count). The lowest BCUT2D eigenvalue weighted by Gasteiger charge is -2.24. The van der Waals surface area contributed by atoms with Crippen molar-refractivity contribution in [1.29, 1.82) is 0 Å². The molecule has 1 heterocycles. The molecule has 1 unspecified atom stereocenters. The van der Waals surface area contributed by atoms with Crippen LogP contribution in [0.3, 0.4) is 0 Å². The van der Waals surface area contributed by atoms with E-state index in [2.05, 4.69) is 44.0 Å². The van der Waals surface area contributed by atoms with Crippen LogP contribution < -0.4 is 4.74 Å². The fourth-order valence-corrected chi connectivity index (χ4v) is 3.42. The summed E-state index contributed by atoms with van der Waals surface area (Å²) in [5.41, 5.74) is 1.58. The highest BCUT2D eigenvalue weighted by atomic mass is 79.9. The highest BCUT2D eigenvalue weighted by Gasteiger charge is 2.34. The molecule has 1 fully saturated rings. The third-order valence-electron chi connectivity index (χ3n) is 3.26. The average Bonchev–Trinajstić information content (AvgIpc) is 2.79. The van der Waals surface area contributed by atoms with E-state index in [0.29, 0.717) is 0 Å². The van der Waals surface area contributed by atoms with Gasteiger partial charge in [-0.05, 0) is 46.5 Å². The van der Waals surface area contributed by atoms with E-state index >= 15 is 0 Å². The van der Waals surface area contributed by atoms with Gasteiger partial charge in [0.2, 0.25) is 0 Å². The minimum atomic E-state index is 0.258. The predicted octanol–water partition coefficient (Wildman–Crippen LogP) is 3.80. The van der Waals surface area contributed by atoms with Gasteiger partial charge in [-0.2, -0.15) is 0 Å². The van der Waals surface area contributed by atoms with E-state index in [1.54, 1.807) is 7.11 Å². The Hall–Kier alpha value is -0.0600. The van der Waals surface area contributed by atoms with Gasteiger partial charge in [0.25, 0.3) is 0 Å². The predicted molar refractivity (Wildman–Crippen MR) is 76.1 cm³/mol. The first-order valence-corrected chi connectivity index (χ1v) is 7.57. The maximum atomic E-state index is 5.53. The van der Waals surface area contributed by atoms with Crippen molar-refractivity contribution in [2.75, 3.05) is 25.7 Å². The minimum absolute atomic E-state index is 0.258. The smallest absolute Gasteiger partial charge is 0.133 e. The first-order valence-electron chi connectivity index (χ1n) is 5.65. The highest BCUT2D eigenvalue weighted by Crippen LogP contribution is 2.36.